The molecule has 21 heavy (non-hydrogen) atoms. The third-order valence-electron chi connectivity index (χ3n) is 2.47. The molecule has 0 radical (unpaired) electrons. The lowest BCUT2D eigenvalue weighted by molar-refractivity contribution is -0.387. The molecular weight excluding hydrogens is 404 g/mol. The van der Waals surface area contributed by atoms with Crippen molar-refractivity contribution in [3.05, 3.63) is 54.1 Å². The van der Waals surface area contributed by atoms with Crippen molar-refractivity contribution in [3.63, 3.8) is 0 Å². The first kappa shape index (κ1) is 16.4. The fraction of sp³-hybridized carbons (Fsp3) is 0.0909. The van der Waals surface area contributed by atoms with Crippen LogP contribution in [0.15, 0.2) is 39.0 Å². The second kappa shape index (κ2) is 6.41. The predicted octanol–water partition coefficient (Wildman–Crippen LogP) is 3.55. The Kier molecular flexibility index (Phi) is 4.99. The summed E-state index contributed by atoms with van der Waals surface area (Å²) in [6.45, 7) is 0.0539. The fourth-order valence-electron chi connectivity index (χ4n) is 1.55. The topological polar surface area (TPSA) is 89.3 Å². The van der Waals surface area contributed by atoms with Crippen molar-refractivity contribution in [2.45, 2.75) is 11.4 Å². The molecule has 0 amide bonds. The minimum atomic E-state index is -4.00. The highest BCUT2D eigenvalue weighted by Gasteiger charge is 2.25. The van der Waals surface area contributed by atoms with Crippen molar-refractivity contribution in [1.29, 1.82) is 0 Å². The number of nitro groups is 1. The fourth-order valence-corrected chi connectivity index (χ4v) is 4.36. The molecule has 0 aliphatic heterocycles. The van der Waals surface area contributed by atoms with Crippen molar-refractivity contribution in [3.8, 4) is 0 Å². The summed E-state index contributed by atoms with van der Waals surface area (Å²) in [4.78, 5) is 10.5. The molecule has 0 bridgehead atoms. The molecule has 0 unspecified atom stereocenters. The monoisotopic (exact) mass is 410 g/mol. The van der Waals surface area contributed by atoms with Gasteiger partial charge in [-0.1, -0.05) is 11.6 Å². The molecule has 0 atom stereocenters. The Labute approximate surface area is 138 Å². The molecule has 6 nitrogen and oxygen atoms in total. The lowest BCUT2D eigenvalue weighted by Gasteiger charge is -2.06. The Hall–Kier alpha value is -1.00. The summed E-state index contributed by atoms with van der Waals surface area (Å²) in [5.74, 6) is 0. The van der Waals surface area contributed by atoms with Crippen LogP contribution in [-0.2, 0) is 16.6 Å². The Morgan fingerprint density at radius 2 is 2.10 bits per heavy atom. The summed E-state index contributed by atoms with van der Waals surface area (Å²) in [5.41, 5.74) is -0.553. The Balaban J connectivity index is 2.29. The Morgan fingerprint density at radius 3 is 2.67 bits per heavy atom. The number of nitrogens with zero attached hydrogens (tertiary/aromatic N) is 1. The Morgan fingerprint density at radius 1 is 1.38 bits per heavy atom. The molecule has 1 aromatic heterocycles. The van der Waals surface area contributed by atoms with Crippen molar-refractivity contribution in [1.82, 2.24) is 4.72 Å². The molecule has 2 rings (SSSR count). The summed E-state index contributed by atoms with van der Waals surface area (Å²) in [5, 5.41) is 12.9. The minimum absolute atomic E-state index is 0.0539. The van der Waals surface area contributed by atoms with Gasteiger partial charge in [-0.15, -0.1) is 11.3 Å². The summed E-state index contributed by atoms with van der Waals surface area (Å²) in [7, 11) is -4.00. The van der Waals surface area contributed by atoms with Gasteiger partial charge in [0, 0.05) is 32.4 Å². The van der Waals surface area contributed by atoms with Gasteiger partial charge in [-0.05, 0) is 34.1 Å². The highest BCUT2D eigenvalue weighted by molar-refractivity contribution is 9.10. The van der Waals surface area contributed by atoms with Crippen molar-refractivity contribution < 1.29 is 13.3 Å². The van der Waals surface area contributed by atoms with Crippen LogP contribution in [0.4, 0.5) is 5.69 Å². The van der Waals surface area contributed by atoms with E-state index in [1.807, 2.05) is 5.38 Å². The summed E-state index contributed by atoms with van der Waals surface area (Å²) in [6.07, 6.45) is 0. The van der Waals surface area contributed by atoms with Gasteiger partial charge in [0.05, 0.1) is 4.92 Å². The molecule has 112 valence electrons. The van der Waals surface area contributed by atoms with Gasteiger partial charge in [0.1, 0.15) is 0 Å². The average molecular weight is 412 g/mol. The van der Waals surface area contributed by atoms with Crippen molar-refractivity contribution >= 4 is 54.6 Å². The molecule has 1 aromatic carbocycles. The van der Waals surface area contributed by atoms with Gasteiger partial charge in [-0.25, -0.2) is 13.1 Å². The standard InChI is InChI=1S/C11H8BrClN2O4S2/c12-7-3-9(20-6-7)5-14-21(18,19)11-2-1-8(13)4-10(11)15(16)17/h1-4,6,14H,5H2. The van der Waals surface area contributed by atoms with Gasteiger partial charge in [0.15, 0.2) is 4.90 Å². The Bertz CT molecular complexity index is 791. The summed E-state index contributed by atoms with van der Waals surface area (Å²) in [6, 6.07) is 5.19. The van der Waals surface area contributed by atoms with Crippen LogP contribution in [0.3, 0.4) is 0 Å². The van der Waals surface area contributed by atoms with E-state index in [0.717, 1.165) is 21.5 Å². The number of nitro benzene ring substituents is 1. The van der Waals surface area contributed by atoms with E-state index in [4.69, 9.17) is 11.6 Å². The number of hydrogen-bond donors (Lipinski definition) is 1. The molecule has 0 spiro atoms. The second-order valence-corrected chi connectivity index (χ2v) is 8.01. The zero-order chi connectivity index (χ0) is 15.6. The zero-order valence-corrected chi connectivity index (χ0v) is 14.2. The maximum absolute atomic E-state index is 12.2. The van der Waals surface area contributed by atoms with Crippen LogP contribution in [0.1, 0.15) is 4.88 Å². The van der Waals surface area contributed by atoms with E-state index in [9.17, 15) is 18.5 Å². The first-order valence-corrected chi connectivity index (χ1v) is 8.99. The van der Waals surface area contributed by atoms with Gasteiger partial charge >= 0.3 is 0 Å². The number of rotatable bonds is 5. The predicted molar refractivity (Wildman–Crippen MR) is 84.2 cm³/mol. The third kappa shape index (κ3) is 4.01. The van der Waals surface area contributed by atoms with Gasteiger partial charge < -0.3 is 0 Å². The van der Waals surface area contributed by atoms with Crippen LogP contribution in [0, 0.1) is 10.1 Å². The largest absolute Gasteiger partial charge is 0.290 e. The first-order valence-electron chi connectivity index (χ1n) is 5.46. The molecule has 1 heterocycles. The van der Waals surface area contributed by atoms with Crippen LogP contribution >= 0.6 is 38.9 Å². The van der Waals surface area contributed by atoms with Crippen molar-refractivity contribution in [2.24, 2.45) is 0 Å². The lowest BCUT2D eigenvalue weighted by Crippen LogP contribution is -2.23. The van der Waals surface area contributed by atoms with E-state index >= 15 is 0 Å². The molecule has 0 saturated carbocycles. The molecule has 2 aromatic rings. The van der Waals surface area contributed by atoms with E-state index in [1.54, 1.807) is 6.07 Å². The van der Waals surface area contributed by atoms with E-state index in [2.05, 4.69) is 20.7 Å². The number of thiophene rings is 1. The van der Waals surface area contributed by atoms with Gasteiger partial charge in [-0.3, -0.25) is 10.1 Å². The van der Waals surface area contributed by atoms with Crippen LogP contribution in [-0.4, -0.2) is 13.3 Å². The summed E-state index contributed by atoms with van der Waals surface area (Å²) < 4.78 is 27.5. The van der Waals surface area contributed by atoms with E-state index in [1.165, 1.54) is 17.4 Å². The molecule has 0 fully saturated rings. The molecule has 10 heteroatoms. The molecular formula is C11H8BrClN2O4S2. The number of sulfonamides is 1. The molecule has 0 aliphatic carbocycles. The van der Waals surface area contributed by atoms with Gasteiger partial charge in [-0.2, -0.15) is 0 Å². The highest BCUT2D eigenvalue weighted by atomic mass is 79.9. The quantitative estimate of drug-likeness (QED) is 0.602. The molecule has 0 saturated heterocycles. The smallest absolute Gasteiger partial charge is 0.258 e. The van der Waals surface area contributed by atoms with Crippen LogP contribution < -0.4 is 4.72 Å². The van der Waals surface area contributed by atoms with E-state index < -0.39 is 25.5 Å². The molecule has 1 N–H and O–H groups in total. The average Bonchev–Trinajstić information content (AvgIpc) is 2.82. The second-order valence-electron chi connectivity index (χ2n) is 3.92. The number of benzene rings is 1. The lowest BCUT2D eigenvalue weighted by atomic mass is 10.3. The van der Waals surface area contributed by atoms with Crippen LogP contribution in [0.25, 0.3) is 0 Å². The minimum Gasteiger partial charge on any atom is -0.258 e. The SMILES string of the molecule is O=[N+]([O-])c1cc(Cl)ccc1S(=O)(=O)NCc1cc(Br)cs1. The van der Waals surface area contributed by atoms with Crippen LogP contribution in [0.5, 0.6) is 0 Å². The maximum Gasteiger partial charge on any atom is 0.290 e. The number of hydrogen-bond acceptors (Lipinski definition) is 5. The first-order chi connectivity index (χ1) is 9.79. The van der Waals surface area contributed by atoms with Gasteiger partial charge in [0.2, 0.25) is 10.0 Å². The summed E-state index contributed by atoms with van der Waals surface area (Å²) >= 11 is 10.3. The maximum atomic E-state index is 12.2. The number of halogens is 2. The van der Waals surface area contributed by atoms with Crippen LogP contribution in [0.2, 0.25) is 5.02 Å². The van der Waals surface area contributed by atoms with E-state index in [0.29, 0.717) is 0 Å². The van der Waals surface area contributed by atoms with Crippen molar-refractivity contribution in [2.75, 3.05) is 0 Å². The normalized spacial score (nSPS) is 11.5. The zero-order valence-electron chi connectivity index (χ0n) is 10.2. The molecule has 0 aliphatic rings. The van der Waals surface area contributed by atoms with E-state index in [-0.39, 0.29) is 11.6 Å². The number of nitrogens with one attached hydrogen (secondary N) is 1. The van der Waals surface area contributed by atoms with Gasteiger partial charge in [0.25, 0.3) is 5.69 Å². The third-order valence-corrected chi connectivity index (χ3v) is 5.85. The highest BCUT2D eigenvalue weighted by Crippen LogP contribution is 2.27.